The van der Waals surface area contributed by atoms with E-state index in [4.69, 9.17) is 19.3 Å². The minimum absolute atomic E-state index is 0.228. The van der Waals surface area contributed by atoms with Crippen LogP contribution in [-0.2, 0) is 18.9 Å². The molecule has 0 unspecified atom stereocenters. The summed E-state index contributed by atoms with van der Waals surface area (Å²) in [4.78, 5) is 10.5. The van der Waals surface area contributed by atoms with Gasteiger partial charge in [-0.15, -0.1) is 0 Å². The van der Waals surface area contributed by atoms with Crippen molar-refractivity contribution in [1.29, 1.82) is 0 Å². The van der Waals surface area contributed by atoms with Crippen molar-refractivity contribution in [1.82, 2.24) is 0 Å². The van der Waals surface area contributed by atoms with Crippen LogP contribution in [0.2, 0.25) is 0 Å². The van der Waals surface area contributed by atoms with Crippen LogP contribution < -0.4 is 0 Å². The molecule has 0 aromatic heterocycles. The summed E-state index contributed by atoms with van der Waals surface area (Å²) in [6.07, 6.45) is 8.89. The first-order valence-corrected chi connectivity index (χ1v) is 9.43. The SMILES string of the molecule is CCCCCCCOC1CCC(C2OCC(OC(=O)O)CO2)CC1. The molecule has 1 heterocycles. The van der Waals surface area contributed by atoms with E-state index in [2.05, 4.69) is 11.7 Å². The first-order valence-electron chi connectivity index (χ1n) is 9.43. The van der Waals surface area contributed by atoms with Crippen molar-refractivity contribution in [3.8, 4) is 0 Å². The van der Waals surface area contributed by atoms with Crippen molar-refractivity contribution in [3.63, 3.8) is 0 Å². The Hall–Kier alpha value is -0.850. The van der Waals surface area contributed by atoms with Crippen molar-refractivity contribution in [2.75, 3.05) is 19.8 Å². The molecule has 6 heteroatoms. The lowest BCUT2D eigenvalue weighted by Gasteiger charge is -2.37. The predicted molar refractivity (Wildman–Crippen MR) is 89.0 cm³/mol. The van der Waals surface area contributed by atoms with Gasteiger partial charge >= 0.3 is 6.16 Å². The smallest absolute Gasteiger partial charge is 0.450 e. The average molecular weight is 344 g/mol. The molecule has 1 saturated heterocycles. The molecular formula is C18H32O6. The van der Waals surface area contributed by atoms with Gasteiger partial charge in [-0.1, -0.05) is 32.6 Å². The van der Waals surface area contributed by atoms with E-state index in [1.54, 1.807) is 0 Å². The second kappa shape index (κ2) is 10.9. The Balaban J connectivity index is 1.54. The van der Waals surface area contributed by atoms with Gasteiger partial charge in [0.2, 0.25) is 0 Å². The zero-order chi connectivity index (χ0) is 17.2. The maximum Gasteiger partial charge on any atom is 0.506 e. The molecule has 0 aromatic carbocycles. The fraction of sp³-hybridized carbons (Fsp3) is 0.944. The van der Waals surface area contributed by atoms with Gasteiger partial charge in [0.15, 0.2) is 12.4 Å². The molecule has 140 valence electrons. The summed E-state index contributed by atoms with van der Waals surface area (Å²) in [7, 11) is 0. The molecule has 0 bridgehead atoms. The lowest BCUT2D eigenvalue weighted by Crippen LogP contribution is -2.43. The van der Waals surface area contributed by atoms with Crippen LogP contribution in [0.4, 0.5) is 4.79 Å². The summed E-state index contributed by atoms with van der Waals surface area (Å²) in [6.45, 7) is 3.67. The van der Waals surface area contributed by atoms with Crippen LogP contribution in [0.3, 0.4) is 0 Å². The van der Waals surface area contributed by atoms with Crippen molar-refractivity contribution in [2.45, 2.75) is 83.2 Å². The summed E-state index contributed by atoms with van der Waals surface area (Å²) in [6, 6.07) is 0. The summed E-state index contributed by atoms with van der Waals surface area (Å²) in [5.74, 6) is 0.375. The average Bonchev–Trinajstić information content (AvgIpc) is 2.59. The van der Waals surface area contributed by atoms with Gasteiger partial charge in [0.05, 0.1) is 19.3 Å². The van der Waals surface area contributed by atoms with E-state index >= 15 is 0 Å². The highest BCUT2D eigenvalue weighted by Crippen LogP contribution is 2.32. The number of unbranched alkanes of at least 4 members (excludes halogenated alkanes) is 4. The topological polar surface area (TPSA) is 74.2 Å². The molecule has 0 radical (unpaired) electrons. The molecule has 1 saturated carbocycles. The van der Waals surface area contributed by atoms with E-state index < -0.39 is 12.3 Å². The highest BCUT2D eigenvalue weighted by atomic mass is 16.7. The molecule has 0 spiro atoms. The first kappa shape index (κ1) is 19.5. The van der Waals surface area contributed by atoms with Gasteiger partial charge in [0, 0.05) is 12.5 Å². The van der Waals surface area contributed by atoms with Crippen LogP contribution in [0.15, 0.2) is 0 Å². The minimum Gasteiger partial charge on any atom is -0.450 e. The molecule has 2 aliphatic rings. The number of hydrogen-bond donors (Lipinski definition) is 1. The van der Waals surface area contributed by atoms with E-state index in [-0.39, 0.29) is 19.5 Å². The molecule has 0 atom stereocenters. The Morgan fingerprint density at radius 1 is 1.00 bits per heavy atom. The molecule has 1 aliphatic heterocycles. The van der Waals surface area contributed by atoms with E-state index in [1.165, 1.54) is 32.1 Å². The van der Waals surface area contributed by atoms with Crippen molar-refractivity contribution in [2.24, 2.45) is 5.92 Å². The highest BCUT2D eigenvalue weighted by Gasteiger charge is 2.33. The largest absolute Gasteiger partial charge is 0.506 e. The first-order chi connectivity index (χ1) is 11.7. The Morgan fingerprint density at radius 2 is 1.67 bits per heavy atom. The quantitative estimate of drug-likeness (QED) is 0.504. The van der Waals surface area contributed by atoms with Gasteiger partial charge in [-0.3, -0.25) is 0 Å². The van der Waals surface area contributed by atoms with Crippen LogP contribution in [-0.4, -0.2) is 49.6 Å². The van der Waals surface area contributed by atoms with Crippen molar-refractivity contribution in [3.05, 3.63) is 0 Å². The van der Waals surface area contributed by atoms with Crippen molar-refractivity contribution >= 4 is 6.16 Å². The zero-order valence-corrected chi connectivity index (χ0v) is 14.8. The third kappa shape index (κ3) is 6.95. The van der Waals surface area contributed by atoms with Gasteiger partial charge in [-0.25, -0.2) is 4.79 Å². The predicted octanol–water partition coefficient (Wildman–Crippen LogP) is 3.97. The summed E-state index contributed by atoms with van der Waals surface area (Å²) in [5, 5.41) is 8.59. The number of rotatable bonds is 9. The lowest BCUT2D eigenvalue weighted by molar-refractivity contribution is -0.244. The number of carbonyl (C=O) groups is 1. The monoisotopic (exact) mass is 344 g/mol. The highest BCUT2D eigenvalue weighted by molar-refractivity contribution is 5.57. The van der Waals surface area contributed by atoms with E-state index in [1.807, 2.05) is 0 Å². The van der Waals surface area contributed by atoms with Gasteiger partial charge in [-0.2, -0.15) is 0 Å². The molecule has 2 fully saturated rings. The molecule has 1 N–H and O–H groups in total. The van der Waals surface area contributed by atoms with Gasteiger partial charge < -0.3 is 24.1 Å². The fourth-order valence-electron chi connectivity index (χ4n) is 3.47. The van der Waals surface area contributed by atoms with Crippen LogP contribution >= 0.6 is 0 Å². The number of hydrogen-bond acceptors (Lipinski definition) is 5. The van der Waals surface area contributed by atoms with Crippen LogP contribution in [0.1, 0.15) is 64.7 Å². The number of ether oxygens (including phenoxy) is 4. The van der Waals surface area contributed by atoms with E-state index in [0.29, 0.717) is 12.0 Å². The third-order valence-corrected chi connectivity index (χ3v) is 4.87. The standard InChI is InChI=1S/C18H32O6/c1-2-3-4-5-6-11-21-15-9-7-14(8-10-15)17-22-12-16(13-23-17)24-18(19)20/h14-17H,2-13H2,1H3,(H,19,20). The second-order valence-electron chi connectivity index (χ2n) is 6.86. The molecule has 0 aromatic rings. The van der Waals surface area contributed by atoms with Gasteiger partial charge in [-0.05, 0) is 32.1 Å². The fourth-order valence-corrected chi connectivity index (χ4v) is 3.47. The van der Waals surface area contributed by atoms with Crippen LogP contribution in [0, 0.1) is 5.92 Å². The van der Waals surface area contributed by atoms with Crippen LogP contribution in [0.5, 0.6) is 0 Å². The number of carboxylic acid groups (broad SMARTS) is 1. The Morgan fingerprint density at radius 3 is 2.29 bits per heavy atom. The summed E-state index contributed by atoms with van der Waals surface area (Å²) >= 11 is 0. The maximum absolute atomic E-state index is 10.5. The summed E-state index contributed by atoms with van der Waals surface area (Å²) < 4.78 is 22.0. The molecule has 1 aliphatic carbocycles. The molecular weight excluding hydrogens is 312 g/mol. The van der Waals surface area contributed by atoms with E-state index in [0.717, 1.165) is 32.3 Å². The maximum atomic E-state index is 10.5. The second-order valence-corrected chi connectivity index (χ2v) is 6.86. The zero-order valence-electron chi connectivity index (χ0n) is 14.8. The normalized spacial score (nSPS) is 30.9. The third-order valence-electron chi connectivity index (χ3n) is 4.87. The Bertz CT molecular complexity index is 345. The van der Waals surface area contributed by atoms with E-state index in [9.17, 15) is 4.79 Å². The Labute approximate surface area is 144 Å². The lowest BCUT2D eigenvalue weighted by atomic mass is 9.86. The minimum atomic E-state index is -1.28. The Kier molecular flexibility index (Phi) is 8.84. The summed E-state index contributed by atoms with van der Waals surface area (Å²) in [5.41, 5.74) is 0. The van der Waals surface area contributed by atoms with Crippen LogP contribution in [0.25, 0.3) is 0 Å². The van der Waals surface area contributed by atoms with Crippen molar-refractivity contribution < 1.29 is 28.8 Å². The van der Waals surface area contributed by atoms with Gasteiger partial charge in [0.1, 0.15) is 0 Å². The molecule has 6 nitrogen and oxygen atoms in total. The van der Waals surface area contributed by atoms with Gasteiger partial charge in [0.25, 0.3) is 0 Å². The molecule has 0 amide bonds. The molecule has 24 heavy (non-hydrogen) atoms. The molecule has 2 rings (SSSR count).